The SMILES string of the molecule is CC(=O)OCN(CCc1c[nH]c2ccccc12)C(=O)c1nc(N(C)C)sc1-c1cccc(Cl)c1. The van der Waals surface area contributed by atoms with Crippen molar-refractivity contribution in [1.82, 2.24) is 14.9 Å². The summed E-state index contributed by atoms with van der Waals surface area (Å²) in [5.41, 5.74) is 3.24. The average molecular weight is 497 g/mol. The minimum Gasteiger partial charge on any atom is -0.444 e. The maximum absolute atomic E-state index is 13.7. The monoisotopic (exact) mass is 496 g/mol. The molecule has 0 aliphatic rings. The number of hydrogen-bond donors (Lipinski definition) is 1. The zero-order valence-corrected chi connectivity index (χ0v) is 20.7. The number of thiazole rings is 1. The fraction of sp³-hybridized carbons (Fsp3) is 0.240. The van der Waals surface area contributed by atoms with Crippen LogP contribution in [0.2, 0.25) is 5.02 Å². The Morgan fingerprint density at radius 2 is 1.94 bits per heavy atom. The molecule has 34 heavy (non-hydrogen) atoms. The van der Waals surface area contributed by atoms with E-state index < -0.39 is 5.97 Å². The van der Waals surface area contributed by atoms with Crippen molar-refractivity contribution in [2.45, 2.75) is 13.3 Å². The molecule has 0 unspecified atom stereocenters. The zero-order chi connectivity index (χ0) is 24.2. The van der Waals surface area contributed by atoms with Gasteiger partial charge in [-0.1, -0.05) is 53.3 Å². The molecule has 0 atom stereocenters. The number of H-pyrrole nitrogens is 1. The number of hydrogen-bond acceptors (Lipinski definition) is 6. The highest BCUT2D eigenvalue weighted by Crippen LogP contribution is 2.36. The van der Waals surface area contributed by atoms with E-state index >= 15 is 0 Å². The van der Waals surface area contributed by atoms with Crippen LogP contribution in [-0.4, -0.2) is 54.1 Å². The Labute approximate surface area is 206 Å². The van der Waals surface area contributed by atoms with E-state index in [1.54, 1.807) is 6.07 Å². The first-order valence-electron chi connectivity index (χ1n) is 10.7. The summed E-state index contributed by atoms with van der Waals surface area (Å²) < 4.78 is 5.23. The van der Waals surface area contributed by atoms with Crippen LogP contribution < -0.4 is 4.90 Å². The molecule has 0 spiro atoms. The molecule has 0 radical (unpaired) electrons. The topological polar surface area (TPSA) is 78.5 Å². The number of aromatic amines is 1. The number of nitrogens with one attached hydrogen (secondary N) is 1. The van der Waals surface area contributed by atoms with Crippen LogP contribution in [-0.2, 0) is 16.0 Å². The van der Waals surface area contributed by atoms with E-state index in [2.05, 4.69) is 9.97 Å². The van der Waals surface area contributed by atoms with Gasteiger partial charge in [-0.3, -0.25) is 9.59 Å². The summed E-state index contributed by atoms with van der Waals surface area (Å²) in [5, 5.41) is 2.37. The Morgan fingerprint density at radius 3 is 2.68 bits per heavy atom. The maximum atomic E-state index is 13.7. The van der Waals surface area contributed by atoms with Gasteiger partial charge >= 0.3 is 5.97 Å². The number of aromatic nitrogens is 2. The van der Waals surface area contributed by atoms with Crippen LogP contribution in [0.25, 0.3) is 21.3 Å². The minimum atomic E-state index is -0.452. The standard InChI is InChI=1S/C25H25ClN4O3S/c1-16(31)33-15-30(12-11-18-14-27-21-10-5-4-9-20(18)21)24(32)22-23(34-25(28-22)29(2)3)17-7-6-8-19(26)13-17/h4-10,13-14,27H,11-12,15H2,1-3H3. The Hall–Kier alpha value is -3.36. The van der Waals surface area contributed by atoms with Crippen LogP contribution in [0.1, 0.15) is 23.0 Å². The second-order valence-corrected chi connectivity index (χ2v) is 9.44. The minimum absolute atomic E-state index is 0.152. The number of amides is 1. The molecule has 9 heteroatoms. The first-order valence-corrected chi connectivity index (χ1v) is 11.9. The van der Waals surface area contributed by atoms with Crippen molar-refractivity contribution in [1.29, 1.82) is 0 Å². The summed E-state index contributed by atoms with van der Waals surface area (Å²) in [6, 6.07) is 15.4. The summed E-state index contributed by atoms with van der Waals surface area (Å²) in [7, 11) is 3.75. The highest BCUT2D eigenvalue weighted by atomic mass is 35.5. The third kappa shape index (κ3) is 5.24. The Balaban J connectivity index is 1.66. The number of ether oxygens (including phenoxy) is 1. The number of halogens is 1. The summed E-state index contributed by atoms with van der Waals surface area (Å²) in [6.07, 6.45) is 2.54. The Morgan fingerprint density at radius 1 is 1.15 bits per heavy atom. The first-order chi connectivity index (χ1) is 16.3. The fourth-order valence-corrected chi connectivity index (χ4v) is 4.77. The number of para-hydroxylation sites is 1. The van der Waals surface area contributed by atoms with Crippen molar-refractivity contribution in [3.8, 4) is 10.4 Å². The van der Waals surface area contributed by atoms with Gasteiger partial charge < -0.3 is 19.5 Å². The van der Waals surface area contributed by atoms with E-state index in [0.717, 1.165) is 26.9 Å². The van der Waals surface area contributed by atoms with E-state index in [1.165, 1.54) is 23.2 Å². The number of carbonyl (C=O) groups is 2. The van der Waals surface area contributed by atoms with Gasteiger partial charge in [-0.15, -0.1) is 0 Å². The number of esters is 1. The van der Waals surface area contributed by atoms with E-state index in [4.69, 9.17) is 16.3 Å². The van der Waals surface area contributed by atoms with Gasteiger partial charge in [0.25, 0.3) is 5.91 Å². The lowest BCUT2D eigenvalue weighted by atomic mass is 10.1. The van der Waals surface area contributed by atoms with Crippen LogP contribution in [0, 0.1) is 0 Å². The second kappa shape index (κ2) is 10.3. The van der Waals surface area contributed by atoms with E-state index in [-0.39, 0.29) is 12.6 Å². The van der Waals surface area contributed by atoms with Gasteiger partial charge in [-0.2, -0.15) is 0 Å². The normalized spacial score (nSPS) is 10.9. The zero-order valence-electron chi connectivity index (χ0n) is 19.2. The molecule has 0 aliphatic carbocycles. The van der Waals surface area contributed by atoms with Crippen molar-refractivity contribution in [2.24, 2.45) is 0 Å². The summed E-state index contributed by atoms with van der Waals surface area (Å²) in [6.45, 7) is 1.53. The highest BCUT2D eigenvalue weighted by Gasteiger charge is 2.26. The van der Waals surface area contributed by atoms with E-state index in [1.807, 2.05) is 67.7 Å². The lowest BCUT2D eigenvalue weighted by Crippen LogP contribution is -2.36. The average Bonchev–Trinajstić information content (AvgIpc) is 3.44. The lowest BCUT2D eigenvalue weighted by molar-refractivity contribution is -0.144. The largest absolute Gasteiger partial charge is 0.444 e. The maximum Gasteiger partial charge on any atom is 0.304 e. The van der Waals surface area contributed by atoms with Crippen LogP contribution in [0.5, 0.6) is 0 Å². The van der Waals surface area contributed by atoms with Crippen molar-refractivity contribution in [2.75, 3.05) is 32.3 Å². The highest BCUT2D eigenvalue weighted by molar-refractivity contribution is 7.19. The molecular formula is C25H25ClN4O3S. The second-order valence-electron chi connectivity index (χ2n) is 8.02. The number of carbonyl (C=O) groups excluding carboxylic acids is 2. The van der Waals surface area contributed by atoms with Gasteiger partial charge in [0.2, 0.25) is 0 Å². The third-order valence-corrected chi connectivity index (χ3v) is 6.83. The molecule has 176 valence electrons. The molecule has 0 aliphatic heterocycles. The van der Waals surface area contributed by atoms with Crippen molar-refractivity contribution < 1.29 is 14.3 Å². The molecule has 2 aromatic carbocycles. The molecule has 0 saturated carbocycles. The van der Waals surface area contributed by atoms with Crippen molar-refractivity contribution in [3.63, 3.8) is 0 Å². The summed E-state index contributed by atoms with van der Waals surface area (Å²) >= 11 is 7.63. The molecule has 2 heterocycles. The fourth-order valence-electron chi connectivity index (χ4n) is 3.61. The predicted octanol–water partition coefficient (Wildman–Crippen LogP) is 5.22. The molecule has 2 aromatic heterocycles. The number of anilines is 1. The molecule has 0 saturated heterocycles. The quantitative estimate of drug-likeness (QED) is 0.267. The van der Waals surface area contributed by atoms with E-state index in [9.17, 15) is 9.59 Å². The molecule has 0 bridgehead atoms. The molecule has 0 fully saturated rings. The van der Waals surface area contributed by atoms with Crippen LogP contribution in [0.15, 0.2) is 54.7 Å². The number of nitrogens with zero attached hydrogens (tertiary/aromatic N) is 3. The Bertz CT molecular complexity index is 1330. The van der Waals surface area contributed by atoms with Crippen LogP contribution in [0.4, 0.5) is 5.13 Å². The molecule has 1 N–H and O–H groups in total. The summed E-state index contributed by atoms with van der Waals surface area (Å²) in [4.78, 5) is 37.2. The summed E-state index contributed by atoms with van der Waals surface area (Å²) in [5.74, 6) is -0.757. The van der Waals surface area contributed by atoms with Crippen LogP contribution in [0.3, 0.4) is 0 Å². The van der Waals surface area contributed by atoms with Gasteiger partial charge in [0.15, 0.2) is 11.9 Å². The predicted molar refractivity (Wildman–Crippen MR) is 137 cm³/mol. The lowest BCUT2D eigenvalue weighted by Gasteiger charge is -2.21. The molecule has 4 aromatic rings. The number of fused-ring (bicyclic) bond motifs is 1. The van der Waals surface area contributed by atoms with Crippen molar-refractivity contribution >= 4 is 50.8 Å². The van der Waals surface area contributed by atoms with E-state index in [0.29, 0.717) is 28.8 Å². The molecule has 1 amide bonds. The van der Waals surface area contributed by atoms with Gasteiger partial charge in [0, 0.05) is 49.7 Å². The molecular weight excluding hydrogens is 472 g/mol. The number of rotatable bonds is 8. The molecule has 7 nitrogen and oxygen atoms in total. The van der Waals surface area contributed by atoms with Gasteiger partial charge in [-0.05, 0) is 35.7 Å². The van der Waals surface area contributed by atoms with Crippen LogP contribution >= 0.6 is 22.9 Å². The Kier molecular flexibility index (Phi) is 7.19. The van der Waals surface area contributed by atoms with Gasteiger partial charge in [0.05, 0.1) is 4.88 Å². The van der Waals surface area contributed by atoms with Gasteiger partial charge in [0.1, 0.15) is 5.69 Å². The van der Waals surface area contributed by atoms with Gasteiger partial charge in [-0.25, -0.2) is 4.98 Å². The first kappa shape index (κ1) is 23.8. The smallest absolute Gasteiger partial charge is 0.304 e. The molecule has 4 rings (SSSR count). The number of benzene rings is 2. The van der Waals surface area contributed by atoms with Crippen molar-refractivity contribution in [3.05, 3.63) is 71.0 Å². The third-order valence-electron chi connectivity index (χ3n) is 5.32.